The van der Waals surface area contributed by atoms with E-state index >= 15 is 0 Å². The van der Waals surface area contributed by atoms with Gasteiger partial charge in [-0.15, -0.1) is 0 Å². The van der Waals surface area contributed by atoms with Gasteiger partial charge < -0.3 is 10.1 Å². The lowest BCUT2D eigenvalue weighted by Crippen LogP contribution is -2.48. The van der Waals surface area contributed by atoms with Gasteiger partial charge in [0.2, 0.25) is 0 Å². The van der Waals surface area contributed by atoms with E-state index in [4.69, 9.17) is 4.74 Å². The maximum Gasteiger partial charge on any atom is 0.328 e. The van der Waals surface area contributed by atoms with E-state index in [9.17, 15) is 9.59 Å². The highest BCUT2D eigenvalue weighted by molar-refractivity contribution is 5.96. The van der Waals surface area contributed by atoms with Crippen LogP contribution in [-0.4, -0.2) is 31.7 Å². The number of para-hydroxylation sites is 1. The van der Waals surface area contributed by atoms with Gasteiger partial charge >= 0.3 is 12.0 Å². The number of hydrogen-bond donors (Lipinski definition) is 1. The van der Waals surface area contributed by atoms with E-state index in [1.54, 1.807) is 4.90 Å². The van der Waals surface area contributed by atoms with Crippen LogP contribution in [0.5, 0.6) is 0 Å². The quantitative estimate of drug-likeness (QED) is 0.862. The topological polar surface area (TPSA) is 58.6 Å². The van der Waals surface area contributed by atoms with E-state index in [0.29, 0.717) is 18.9 Å². The zero-order valence-corrected chi connectivity index (χ0v) is 14.3. The number of nitrogens with one attached hydrogen (secondary N) is 1. The molecule has 1 aliphatic carbocycles. The molecule has 130 valence electrons. The molecule has 5 heteroatoms. The maximum absolute atomic E-state index is 12.7. The summed E-state index contributed by atoms with van der Waals surface area (Å²) in [5, 5.41) is 2.91. The monoisotopic (exact) mass is 330 g/mol. The zero-order valence-electron chi connectivity index (χ0n) is 14.3. The van der Waals surface area contributed by atoms with Crippen LogP contribution in [0.2, 0.25) is 0 Å². The molecule has 0 bridgehead atoms. The van der Waals surface area contributed by atoms with Crippen LogP contribution < -0.4 is 10.2 Å². The average molecular weight is 330 g/mol. The minimum absolute atomic E-state index is 0.203. The van der Waals surface area contributed by atoms with Crippen LogP contribution in [0.25, 0.3) is 0 Å². The van der Waals surface area contributed by atoms with Crippen molar-refractivity contribution in [2.24, 2.45) is 5.92 Å². The molecule has 2 aliphatic rings. The molecule has 1 aromatic rings. The summed E-state index contributed by atoms with van der Waals surface area (Å²) in [6.45, 7) is 0.655. The van der Waals surface area contributed by atoms with Gasteiger partial charge in [-0.05, 0) is 30.4 Å². The van der Waals surface area contributed by atoms with Crippen LogP contribution in [0.4, 0.5) is 10.5 Å². The number of nitrogens with zero attached hydrogens (tertiary/aromatic N) is 1. The lowest BCUT2D eigenvalue weighted by Gasteiger charge is -2.27. The second kappa shape index (κ2) is 7.69. The van der Waals surface area contributed by atoms with Crippen LogP contribution in [0, 0.1) is 5.92 Å². The Labute approximate surface area is 143 Å². The molecule has 0 aromatic heterocycles. The summed E-state index contributed by atoms with van der Waals surface area (Å²) >= 11 is 0. The van der Waals surface area contributed by atoms with Gasteiger partial charge in [-0.1, -0.05) is 50.3 Å². The molecular formula is C19H26N2O3. The first kappa shape index (κ1) is 16.8. The summed E-state index contributed by atoms with van der Waals surface area (Å²) in [4.78, 5) is 26.5. The Balaban J connectivity index is 1.66. The second-order valence-corrected chi connectivity index (χ2v) is 6.80. The molecule has 1 unspecified atom stereocenters. The van der Waals surface area contributed by atoms with Crippen molar-refractivity contribution in [2.75, 3.05) is 18.6 Å². The Bertz CT molecular complexity index is 596. The van der Waals surface area contributed by atoms with E-state index in [2.05, 4.69) is 5.32 Å². The third-order valence-electron chi connectivity index (χ3n) is 5.21. The van der Waals surface area contributed by atoms with E-state index in [-0.39, 0.29) is 12.0 Å². The molecule has 1 saturated carbocycles. The van der Waals surface area contributed by atoms with Crippen molar-refractivity contribution in [3.63, 3.8) is 0 Å². The van der Waals surface area contributed by atoms with Crippen molar-refractivity contribution in [1.29, 1.82) is 0 Å². The first-order valence-corrected chi connectivity index (χ1v) is 8.93. The lowest BCUT2D eigenvalue weighted by molar-refractivity contribution is -0.143. The maximum atomic E-state index is 12.7. The second-order valence-electron chi connectivity index (χ2n) is 6.80. The molecule has 0 spiro atoms. The fourth-order valence-electron chi connectivity index (χ4n) is 3.89. The number of urea groups is 1. The third-order valence-corrected chi connectivity index (χ3v) is 5.21. The summed E-state index contributed by atoms with van der Waals surface area (Å²) in [6, 6.07) is 7.16. The van der Waals surface area contributed by atoms with Crippen molar-refractivity contribution >= 4 is 17.7 Å². The average Bonchev–Trinajstić information content (AvgIpc) is 3.05. The number of carbonyl (C=O) groups is 2. The molecule has 0 radical (unpaired) electrons. The zero-order chi connectivity index (χ0) is 16.9. The molecule has 0 saturated heterocycles. The molecule has 24 heavy (non-hydrogen) atoms. The molecule has 5 nitrogen and oxygen atoms in total. The van der Waals surface area contributed by atoms with Gasteiger partial charge in [-0.3, -0.25) is 4.90 Å². The van der Waals surface area contributed by atoms with Gasteiger partial charge in [-0.25, -0.2) is 9.59 Å². The normalized spacial score (nSPS) is 18.8. The van der Waals surface area contributed by atoms with E-state index in [1.165, 1.54) is 31.9 Å². The fourth-order valence-corrected chi connectivity index (χ4v) is 3.89. The van der Waals surface area contributed by atoms with Crippen LogP contribution >= 0.6 is 0 Å². The van der Waals surface area contributed by atoms with E-state index < -0.39 is 6.04 Å². The van der Waals surface area contributed by atoms with Gasteiger partial charge in [-0.2, -0.15) is 0 Å². The predicted octanol–water partition coefficient (Wildman–Crippen LogP) is 3.27. The number of carbonyl (C=O) groups excluding carboxylic acids is 2. The Kier molecular flexibility index (Phi) is 5.38. The van der Waals surface area contributed by atoms with Crippen LogP contribution in [0.15, 0.2) is 24.3 Å². The molecule has 3 rings (SSSR count). The third kappa shape index (κ3) is 3.71. The smallest absolute Gasteiger partial charge is 0.328 e. The standard InChI is InChI=1S/C19H26N2O3/c1-24-18(22)16(13-14-7-3-2-4-8-14)20-19(23)21-12-11-15-9-5-6-10-17(15)21/h5-6,9-10,14,16H,2-4,7-8,11-13H2,1H3,(H,20,23). The highest BCUT2D eigenvalue weighted by Crippen LogP contribution is 2.29. The molecular weight excluding hydrogens is 304 g/mol. The number of amides is 2. The first-order valence-electron chi connectivity index (χ1n) is 8.93. The van der Waals surface area contributed by atoms with E-state index in [0.717, 1.165) is 24.9 Å². The SMILES string of the molecule is COC(=O)C(CC1CCCCC1)NC(=O)N1CCc2ccccc21. The van der Waals surface area contributed by atoms with Gasteiger partial charge in [0, 0.05) is 12.2 Å². The summed E-state index contributed by atoms with van der Waals surface area (Å²) in [5.74, 6) is 0.149. The Morgan fingerprint density at radius 3 is 2.75 bits per heavy atom. The number of benzene rings is 1. The van der Waals surface area contributed by atoms with Gasteiger partial charge in [0.25, 0.3) is 0 Å². The minimum atomic E-state index is -0.557. The molecule has 1 heterocycles. The van der Waals surface area contributed by atoms with Gasteiger partial charge in [0.05, 0.1) is 7.11 Å². The number of rotatable bonds is 4. The number of methoxy groups -OCH3 is 1. The van der Waals surface area contributed by atoms with Crippen molar-refractivity contribution in [2.45, 2.75) is 51.0 Å². The van der Waals surface area contributed by atoms with Gasteiger partial charge in [0.15, 0.2) is 0 Å². The molecule has 2 amide bonds. The Morgan fingerprint density at radius 1 is 1.25 bits per heavy atom. The number of ether oxygens (including phenoxy) is 1. The van der Waals surface area contributed by atoms with Crippen molar-refractivity contribution in [3.8, 4) is 0 Å². The number of hydrogen-bond acceptors (Lipinski definition) is 3. The molecule has 1 aliphatic heterocycles. The number of esters is 1. The van der Waals surface area contributed by atoms with E-state index in [1.807, 2.05) is 24.3 Å². The summed E-state index contributed by atoms with van der Waals surface area (Å²) < 4.78 is 4.91. The highest BCUT2D eigenvalue weighted by Gasteiger charge is 2.30. The minimum Gasteiger partial charge on any atom is -0.467 e. The lowest BCUT2D eigenvalue weighted by atomic mass is 9.85. The van der Waals surface area contributed by atoms with Crippen LogP contribution in [0.1, 0.15) is 44.1 Å². The first-order chi connectivity index (χ1) is 11.7. The summed E-state index contributed by atoms with van der Waals surface area (Å²) in [5.41, 5.74) is 2.12. The summed E-state index contributed by atoms with van der Waals surface area (Å²) in [6.07, 6.45) is 7.50. The Morgan fingerprint density at radius 2 is 2.00 bits per heavy atom. The highest BCUT2D eigenvalue weighted by atomic mass is 16.5. The number of anilines is 1. The predicted molar refractivity (Wildman–Crippen MR) is 93.0 cm³/mol. The molecule has 1 N–H and O–H groups in total. The van der Waals surface area contributed by atoms with Crippen LogP contribution in [-0.2, 0) is 16.0 Å². The van der Waals surface area contributed by atoms with Crippen molar-refractivity contribution in [3.05, 3.63) is 29.8 Å². The van der Waals surface area contributed by atoms with Crippen LogP contribution in [0.3, 0.4) is 0 Å². The van der Waals surface area contributed by atoms with Crippen molar-refractivity contribution < 1.29 is 14.3 Å². The Hall–Kier alpha value is -2.04. The molecule has 1 atom stereocenters. The molecule has 1 fully saturated rings. The van der Waals surface area contributed by atoms with Crippen molar-refractivity contribution in [1.82, 2.24) is 5.32 Å². The number of fused-ring (bicyclic) bond motifs is 1. The molecule has 1 aromatic carbocycles. The largest absolute Gasteiger partial charge is 0.467 e. The fraction of sp³-hybridized carbons (Fsp3) is 0.579. The summed E-state index contributed by atoms with van der Waals surface area (Å²) in [7, 11) is 1.38. The van der Waals surface area contributed by atoms with Gasteiger partial charge in [0.1, 0.15) is 6.04 Å².